The van der Waals surface area contributed by atoms with E-state index in [2.05, 4.69) is 15.6 Å². The van der Waals surface area contributed by atoms with Gasteiger partial charge in [-0.2, -0.15) is 0 Å². The minimum absolute atomic E-state index is 0.0220. The molecule has 0 heterocycles. The number of phenols is 1. The van der Waals surface area contributed by atoms with Crippen molar-refractivity contribution in [1.82, 2.24) is 0 Å². The van der Waals surface area contributed by atoms with Crippen molar-refractivity contribution in [2.45, 2.75) is 12.5 Å². The van der Waals surface area contributed by atoms with Gasteiger partial charge in [0.05, 0.1) is 0 Å². The second kappa shape index (κ2) is 8.20. The Balaban J connectivity index is 2.48. The summed E-state index contributed by atoms with van der Waals surface area (Å²) < 4.78 is 15.8. The van der Waals surface area contributed by atoms with E-state index in [9.17, 15) is 10.2 Å². The van der Waals surface area contributed by atoms with Crippen LogP contribution in [0.25, 0.3) is 0 Å². The van der Waals surface area contributed by atoms with Crippen molar-refractivity contribution >= 4 is 20.5 Å². The Morgan fingerprint density at radius 3 is 2.25 bits per heavy atom. The molecule has 2 aromatic carbocycles. The van der Waals surface area contributed by atoms with E-state index in [1.54, 1.807) is 32.4 Å². The summed E-state index contributed by atoms with van der Waals surface area (Å²) in [5, 5.41) is 20.6. The van der Waals surface area contributed by atoms with Gasteiger partial charge in [0.2, 0.25) is 0 Å². The topological polar surface area (TPSA) is 68.2 Å². The van der Waals surface area contributed by atoms with Crippen LogP contribution in [-0.4, -0.2) is 52.0 Å². The van der Waals surface area contributed by atoms with E-state index in [1.165, 1.54) is 13.2 Å². The van der Waals surface area contributed by atoms with Gasteiger partial charge >= 0.3 is 149 Å². The Morgan fingerprint density at radius 1 is 1.00 bits per heavy atom. The molecule has 6 heteroatoms. The number of ether oxygens (including phenoxy) is 3. The predicted molar refractivity (Wildman–Crippen MR) is 93.8 cm³/mol. The van der Waals surface area contributed by atoms with Crippen LogP contribution in [-0.2, 0) is 6.42 Å². The second-order valence-electron chi connectivity index (χ2n) is 5.12. The quantitative estimate of drug-likeness (QED) is 0.703. The average molecular weight is 395 g/mol. The second-order valence-corrected chi connectivity index (χ2v) is 5.82. The molecule has 0 spiro atoms. The number of methoxy groups -OCH3 is 3. The van der Waals surface area contributed by atoms with Crippen molar-refractivity contribution in [3.05, 3.63) is 47.0 Å². The Kier molecular flexibility index (Phi) is 6.26. The zero-order valence-electron chi connectivity index (χ0n) is 13.8. The van der Waals surface area contributed by atoms with E-state index in [0.29, 0.717) is 34.8 Å². The number of hydrogen-bond acceptors (Lipinski definition) is 5. The predicted octanol–water partition coefficient (Wildman–Crippen LogP) is 2.01. The van der Waals surface area contributed by atoms with Crippen LogP contribution in [0, 0.1) is 0 Å². The van der Waals surface area contributed by atoms with Crippen LogP contribution >= 0.6 is 0 Å². The first-order valence-corrected chi connectivity index (χ1v) is 8.28. The standard InChI is InChI=1S/C18H20O5Se/c1-21-15-5-4-11(9-14(15)19)17(20)13-8-12(6-7-24)18(23-3)16(10-13)22-2/h4-5,7-10,17,19-20H,6H2,1-3H3. The normalized spacial score (nSPS) is 11.7. The van der Waals surface area contributed by atoms with Crippen molar-refractivity contribution in [3.63, 3.8) is 0 Å². The first-order chi connectivity index (χ1) is 11.5. The summed E-state index contributed by atoms with van der Waals surface area (Å²) in [5.74, 6) is 1.52. The Labute approximate surface area is 149 Å². The van der Waals surface area contributed by atoms with Crippen LogP contribution in [0.15, 0.2) is 30.3 Å². The van der Waals surface area contributed by atoms with E-state index in [1.807, 2.05) is 11.0 Å². The number of aliphatic hydroxyl groups excluding tert-OH is 1. The van der Waals surface area contributed by atoms with Gasteiger partial charge in [-0.05, 0) is 0 Å². The van der Waals surface area contributed by atoms with Gasteiger partial charge in [0.1, 0.15) is 0 Å². The number of aromatic hydroxyl groups is 1. The molecule has 0 amide bonds. The van der Waals surface area contributed by atoms with E-state index in [4.69, 9.17) is 14.2 Å². The number of rotatable bonds is 7. The zero-order chi connectivity index (χ0) is 17.7. The average Bonchev–Trinajstić information content (AvgIpc) is 2.60. The van der Waals surface area contributed by atoms with Crippen molar-refractivity contribution in [3.8, 4) is 23.0 Å². The molecule has 0 aliphatic carbocycles. The number of aliphatic hydroxyl groups is 1. The summed E-state index contributed by atoms with van der Waals surface area (Å²) >= 11 is 2.85. The van der Waals surface area contributed by atoms with Crippen LogP contribution in [0.2, 0.25) is 0 Å². The molecule has 2 N–H and O–H groups in total. The third kappa shape index (κ3) is 3.73. The zero-order valence-corrected chi connectivity index (χ0v) is 15.5. The Bertz CT molecular complexity index is 730. The molecule has 0 aliphatic rings. The molecule has 0 saturated carbocycles. The summed E-state index contributed by atoms with van der Waals surface area (Å²) in [6.07, 6.45) is -0.283. The molecule has 0 radical (unpaired) electrons. The van der Waals surface area contributed by atoms with Crippen molar-refractivity contribution in [1.29, 1.82) is 0 Å². The van der Waals surface area contributed by atoms with Crippen molar-refractivity contribution in [2.24, 2.45) is 0 Å². The summed E-state index contributed by atoms with van der Waals surface area (Å²) in [6.45, 7) is 0. The van der Waals surface area contributed by atoms with Crippen LogP contribution in [0.3, 0.4) is 0 Å². The monoisotopic (exact) mass is 396 g/mol. The molecule has 0 bridgehead atoms. The third-order valence-electron chi connectivity index (χ3n) is 3.72. The summed E-state index contributed by atoms with van der Waals surface area (Å²) in [7, 11) is 4.61. The van der Waals surface area contributed by atoms with Gasteiger partial charge in [-0.1, -0.05) is 0 Å². The molecule has 2 aromatic rings. The molecule has 1 unspecified atom stereocenters. The van der Waals surface area contributed by atoms with Gasteiger partial charge in [0.15, 0.2) is 0 Å². The van der Waals surface area contributed by atoms with Crippen molar-refractivity contribution in [2.75, 3.05) is 21.3 Å². The summed E-state index contributed by atoms with van der Waals surface area (Å²) in [5.41, 5.74) is 2.09. The fourth-order valence-electron chi connectivity index (χ4n) is 2.54. The van der Waals surface area contributed by atoms with Gasteiger partial charge in [0.25, 0.3) is 0 Å². The van der Waals surface area contributed by atoms with Crippen LogP contribution in [0.1, 0.15) is 22.8 Å². The molecule has 128 valence electrons. The fourth-order valence-corrected chi connectivity index (χ4v) is 2.91. The maximum absolute atomic E-state index is 10.7. The van der Waals surface area contributed by atoms with Gasteiger partial charge in [-0.3, -0.25) is 0 Å². The number of phenolic OH excluding ortho intramolecular Hbond substituents is 1. The molecule has 0 aromatic heterocycles. The SMILES string of the molecule is COc1ccc(C(O)c2cc(CC=[Se])c(OC)c(OC)c2)cc1O. The Hall–Kier alpha value is -2.01. The molecule has 24 heavy (non-hydrogen) atoms. The van der Waals surface area contributed by atoms with Gasteiger partial charge in [0, 0.05) is 0 Å². The summed E-state index contributed by atoms with van der Waals surface area (Å²) in [6, 6.07) is 8.40. The molecular weight excluding hydrogens is 375 g/mol. The van der Waals surface area contributed by atoms with Gasteiger partial charge in [-0.25, -0.2) is 0 Å². The molecule has 0 saturated heterocycles. The van der Waals surface area contributed by atoms with Crippen LogP contribution < -0.4 is 14.2 Å². The van der Waals surface area contributed by atoms with Gasteiger partial charge in [-0.15, -0.1) is 0 Å². The third-order valence-corrected chi connectivity index (χ3v) is 4.07. The molecule has 1 atom stereocenters. The van der Waals surface area contributed by atoms with Crippen molar-refractivity contribution < 1.29 is 24.4 Å². The van der Waals surface area contributed by atoms with Crippen LogP contribution in [0.4, 0.5) is 0 Å². The first-order valence-electron chi connectivity index (χ1n) is 7.29. The van der Waals surface area contributed by atoms with E-state index in [0.717, 1.165) is 5.56 Å². The summed E-state index contributed by atoms with van der Waals surface area (Å²) in [4.78, 5) is 1.88. The molecule has 0 aliphatic heterocycles. The number of hydrogen-bond donors (Lipinski definition) is 2. The number of benzene rings is 2. The minimum atomic E-state index is -0.916. The fraction of sp³-hybridized carbons (Fsp3) is 0.278. The van der Waals surface area contributed by atoms with E-state index >= 15 is 0 Å². The van der Waals surface area contributed by atoms with E-state index < -0.39 is 6.10 Å². The Morgan fingerprint density at radius 2 is 1.71 bits per heavy atom. The van der Waals surface area contributed by atoms with Crippen LogP contribution in [0.5, 0.6) is 23.0 Å². The van der Waals surface area contributed by atoms with E-state index in [-0.39, 0.29) is 5.75 Å². The molecule has 2 rings (SSSR count). The first kappa shape index (κ1) is 18.3. The van der Waals surface area contributed by atoms with Gasteiger partial charge < -0.3 is 0 Å². The molecular formula is C18H20O5Se. The molecule has 0 fully saturated rings. The maximum atomic E-state index is 10.7. The molecule has 5 nitrogen and oxygen atoms in total.